The molecule has 0 radical (unpaired) electrons. The molecular formula is C9H16N2O5S. The van der Waals surface area contributed by atoms with Crippen molar-refractivity contribution in [3.05, 3.63) is 0 Å². The number of aliphatic hydroxyl groups is 1. The summed E-state index contributed by atoms with van der Waals surface area (Å²) >= 11 is 3.88. The molecule has 0 rings (SSSR count). The molecule has 0 aliphatic carbocycles. The fourth-order valence-corrected chi connectivity index (χ4v) is 1.44. The molecule has 0 saturated heterocycles. The Bertz CT molecular complexity index is 308. The third-order valence-electron chi connectivity index (χ3n) is 2.08. The largest absolute Gasteiger partial charge is 0.480 e. The van der Waals surface area contributed by atoms with Crippen molar-refractivity contribution in [2.75, 3.05) is 5.75 Å². The van der Waals surface area contributed by atoms with Gasteiger partial charge in [0.1, 0.15) is 0 Å². The van der Waals surface area contributed by atoms with E-state index in [1.54, 1.807) is 0 Å². The summed E-state index contributed by atoms with van der Waals surface area (Å²) in [6.45, 7) is 1.24. The van der Waals surface area contributed by atoms with E-state index in [0.29, 0.717) is 0 Å². The third-order valence-corrected chi connectivity index (χ3v) is 2.53. The topological polar surface area (TPSA) is 130 Å². The minimum absolute atomic E-state index is 0.0565. The van der Waals surface area contributed by atoms with Crippen LogP contribution in [-0.4, -0.2) is 45.9 Å². The van der Waals surface area contributed by atoms with Crippen LogP contribution < -0.4 is 11.1 Å². The second-order valence-electron chi connectivity index (χ2n) is 3.62. The van der Waals surface area contributed by atoms with Gasteiger partial charge in [-0.3, -0.25) is 9.59 Å². The lowest BCUT2D eigenvalue weighted by Crippen LogP contribution is -2.50. The summed E-state index contributed by atoms with van der Waals surface area (Å²) in [6, 6.07) is -1.42. The predicted octanol–water partition coefficient (Wildman–Crippen LogP) is -1.64. The molecule has 0 fully saturated rings. The summed E-state index contributed by atoms with van der Waals surface area (Å²) in [7, 11) is 0. The van der Waals surface area contributed by atoms with E-state index in [-0.39, 0.29) is 12.2 Å². The fourth-order valence-electron chi connectivity index (χ4n) is 1.14. The van der Waals surface area contributed by atoms with Gasteiger partial charge in [0.15, 0.2) is 6.04 Å². The van der Waals surface area contributed by atoms with Gasteiger partial charge in [0.05, 0.1) is 12.0 Å². The summed E-state index contributed by atoms with van der Waals surface area (Å²) in [5.74, 6) is -3.46. The van der Waals surface area contributed by atoms with Gasteiger partial charge in [-0.2, -0.15) is 12.6 Å². The SMILES string of the molecule is CC(O)[C@H](NC(=O)C(CS)CC(N)=O)C(=O)O. The highest BCUT2D eigenvalue weighted by Gasteiger charge is 2.28. The molecule has 17 heavy (non-hydrogen) atoms. The lowest BCUT2D eigenvalue weighted by molar-refractivity contribution is -0.145. The molecule has 3 atom stereocenters. The Morgan fingerprint density at radius 3 is 2.24 bits per heavy atom. The first-order chi connectivity index (χ1) is 7.79. The van der Waals surface area contributed by atoms with E-state index in [9.17, 15) is 14.4 Å². The van der Waals surface area contributed by atoms with Gasteiger partial charge in [-0.05, 0) is 6.92 Å². The van der Waals surface area contributed by atoms with E-state index in [4.69, 9.17) is 15.9 Å². The first-order valence-corrected chi connectivity index (χ1v) is 5.53. The second kappa shape index (κ2) is 7.13. The minimum atomic E-state index is -1.42. The molecule has 0 aromatic rings. The lowest BCUT2D eigenvalue weighted by atomic mass is 10.1. The van der Waals surface area contributed by atoms with Gasteiger partial charge in [0.25, 0.3) is 0 Å². The molecule has 0 aromatic heterocycles. The van der Waals surface area contributed by atoms with Crippen molar-refractivity contribution < 1.29 is 24.6 Å². The summed E-state index contributed by atoms with van der Waals surface area (Å²) in [4.78, 5) is 33.0. The van der Waals surface area contributed by atoms with Gasteiger partial charge in [0.2, 0.25) is 11.8 Å². The number of nitrogens with two attached hydrogens (primary N) is 1. The van der Waals surface area contributed by atoms with Gasteiger partial charge >= 0.3 is 5.97 Å². The molecule has 8 heteroatoms. The number of amides is 2. The molecule has 0 aromatic carbocycles. The van der Waals surface area contributed by atoms with Crippen molar-refractivity contribution in [2.45, 2.75) is 25.5 Å². The number of hydrogen-bond donors (Lipinski definition) is 5. The maximum Gasteiger partial charge on any atom is 0.328 e. The van der Waals surface area contributed by atoms with Crippen molar-refractivity contribution >= 4 is 30.4 Å². The average Bonchev–Trinajstić information content (AvgIpc) is 2.20. The van der Waals surface area contributed by atoms with Crippen LogP contribution in [0.15, 0.2) is 0 Å². The molecule has 0 heterocycles. The van der Waals surface area contributed by atoms with Crippen LogP contribution in [0.1, 0.15) is 13.3 Å². The zero-order valence-corrected chi connectivity index (χ0v) is 10.2. The number of nitrogens with one attached hydrogen (secondary N) is 1. The molecule has 0 aliphatic heterocycles. The van der Waals surface area contributed by atoms with Crippen molar-refractivity contribution in [3.8, 4) is 0 Å². The molecule has 0 saturated carbocycles. The van der Waals surface area contributed by atoms with Crippen molar-refractivity contribution in [2.24, 2.45) is 11.7 Å². The summed E-state index contributed by atoms with van der Waals surface area (Å²) in [5.41, 5.74) is 4.94. The number of carboxylic acids is 1. The van der Waals surface area contributed by atoms with Gasteiger partial charge in [0, 0.05) is 12.2 Å². The molecule has 98 valence electrons. The number of primary amides is 1. The van der Waals surface area contributed by atoms with Gasteiger partial charge in [-0.25, -0.2) is 4.79 Å². The van der Waals surface area contributed by atoms with Gasteiger partial charge in [-0.1, -0.05) is 0 Å². The highest BCUT2D eigenvalue weighted by molar-refractivity contribution is 7.80. The molecule has 2 unspecified atom stereocenters. The van der Waals surface area contributed by atoms with Crippen molar-refractivity contribution in [1.82, 2.24) is 5.32 Å². The van der Waals surface area contributed by atoms with Crippen LogP contribution in [0.4, 0.5) is 0 Å². The predicted molar refractivity (Wildman–Crippen MR) is 62.4 cm³/mol. The minimum Gasteiger partial charge on any atom is -0.480 e. The molecule has 5 N–H and O–H groups in total. The van der Waals surface area contributed by atoms with E-state index in [0.717, 1.165) is 0 Å². The lowest BCUT2D eigenvalue weighted by Gasteiger charge is -2.20. The van der Waals surface area contributed by atoms with Crippen molar-refractivity contribution in [3.63, 3.8) is 0 Å². The molecule has 0 spiro atoms. The highest BCUT2D eigenvalue weighted by Crippen LogP contribution is 2.06. The quantitative estimate of drug-likeness (QED) is 0.352. The van der Waals surface area contributed by atoms with Crippen LogP contribution in [0.3, 0.4) is 0 Å². The number of carbonyl (C=O) groups excluding carboxylic acids is 2. The Hall–Kier alpha value is -1.28. The number of rotatable bonds is 7. The third kappa shape index (κ3) is 5.55. The zero-order valence-electron chi connectivity index (χ0n) is 9.29. The second-order valence-corrected chi connectivity index (χ2v) is 3.98. The first kappa shape index (κ1) is 15.7. The Morgan fingerprint density at radius 1 is 1.41 bits per heavy atom. The fraction of sp³-hybridized carbons (Fsp3) is 0.667. The van der Waals surface area contributed by atoms with Crippen LogP contribution in [0.5, 0.6) is 0 Å². The highest BCUT2D eigenvalue weighted by atomic mass is 32.1. The number of aliphatic carboxylic acids is 1. The molecule has 0 aliphatic rings. The van der Waals surface area contributed by atoms with Gasteiger partial charge < -0.3 is 21.3 Å². The summed E-state index contributed by atoms with van der Waals surface area (Å²) in [6.07, 6.45) is -1.47. The molecule has 0 bridgehead atoms. The van der Waals surface area contributed by atoms with Crippen molar-refractivity contribution in [1.29, 1.82) is 0 Å². The maximum absolute atomic E-state index is 11.6. The number of carbonyl (C=O) groups is 3. The number of hydrogen-bond acceptors (Lipinski definition) is 5. The smallest absolute Gasteiger partial charge is 0.328 e. The Morgan fingerprint density at radius 2 is 1.94 bits per heavy atom. The standard InChI is InChI=1S/C9H16N2O5S/c1-4(12)7(9(15)16)11-8(14)5(3-17)2-6(10)13/h4-5,7,12,17H,2-3H2,1H3,(H2,10,13)(H,11,14)(H,15,16)/t4?,5?,7-/m0/s1. The Labute approximate surface area is 104 Å². The molecular weight excluding hydrogens is 248 g/mol. The van der Waals surface area contributed by atoms with Crippen LogP contribution in [0, 0.1) is 5.92 Å². The Kier molecular flexibility index (Phi) is 6.59. The van der Waals surface area contributed by atoms with Gasteiger partial charge in [-0.15, -0.1) is 0 Å². The number of aliphatic hydroxyl groups excluding tert-OH is 1. The Balaban J connectivity index is 4.57. The summed E-state index contributed by atoms with van der Waals surface area (Å²) < 4.78 is 0. The monoisotopic (exact) mass is 264 g/mol. The molecule has 2 amide bonds. The molecule has 7 nitrogen and oxygen atoms in total. The first-order valence-electron chi connectivity index (χ1n) is 4.90. The van der Waals surface area contributed by atoms with Crippen LogP contribution >= 0.6 is 12.6 Å². The summed E-state index contributed by atoms with van der Waals surface area (Å²) in [5, 5.41) is 20.0. The van der Waals surface area contributed by atoms with Crippen LogP contribution in [0.25, 0.3) is 0 Å². The van der Waals surface area contributed by atoms with E-state index in [1.807, 2.05) is 0 Å². The number of thiol groups is 1. The average molecular weight is 264 g/mol. The van der Waals surface area contributed by atoms with E-state index in [1.165, 1.54) is 6.92 Å². The van der Waals surface area contributed by atoms with Crippen LogP contribution in [-0.2, 0) is 14.4 Å². The normalized spacial score (nSPS) is 15.7. The number of carboxylic acid groups (broad SMARTS) is 1. The van der Waals surface area contributed by atoms with Crippen LogP contribution in [0.2, 0.25) is 0 Å². The van der Waals surface area contributed by atoms with E-state index in [2.05, 4.69) is 17.9 Å². The van der Waals surface area contributed by atoms with E-state index >= 15 is 0 Å². The zero-order chi connectivity index (χ0) is 13.6. The van der Waals surface area contributed by atoms with E-state index < -0.39 is 35.8 Å². The maximum atomic E-state index is 11.6.